The van der Waals surface area contributed by atoms with Crippen LogP contribution in [0.25, 0.3) is 0 Å². The predicted octanol–water partition coefficient (Wildman–Crippen LogP) is 4.39. The van der Waals surface area contributed by atoms with Gasteiger partial charge in [-0.1, -0.05) is 24.3 Å². The van der Waals surface area contributed by atoms with E-state index in [1.807, 2.05) is 0 Å². The minimum atomic E-state index is -0.280. The predicted molar refractivity (Wildman–Crippen MR) is 109 cm³/mol. The van der Waals surface area contributed by atoms with Crippen molar-refractivity contribution in [3.05, 3.63) is 51.4 Å². The third-order valence-corrected chi connectivity index (χ3v) is 6.64. The molecule has 1 aromatic carbocycles. The van der Waals surface area contributed by atoms with Crippen molar-refractivity contribution in [1.29, 1.82) is 0 Å². The van der Waals surface area contributed by atoms with Crippen LogP contribution in [-0.2, 0) is 24.0 Å². The van der Waals surface area contributed by atoms with Crippen molar-refractivity contribution in [1.82, 2.24) is 5.32 Å². The summed E-state index contributed by atoms with van der Waals surface area (Å²) in [5, 5.41) is 8.09. The Labute approximate surface area is 163 Å². The number of ether oxygens (including phenoxy) is 1. The quantitative estimate of drug-likeness (QED) is 0.605. The highest BCUT2D eigenvalue weighted by Gasteiger charge is 2.28. The van der Waals surface area contributed by atoms with E-state index in [0.29, 0.717) is 10.7 Å². The Kier molecular flexibility index (Phi) is 4.96. The number of thiophene rings is 1. The van der Waals surface area contributed by atoms with Gasteiger partial charge in [-0.15, -0.1) is 11.3 Å². The molecule has 1 aromatic heterocycles. The fraction of sp³-hybridized carbons (Fsp3) is 0.400. The average Bonchev–Trinajstić information content (AvgIpc) is 3.22. The van der Waals surface area contributed by atoms with E-state index in [-0.39, 0.29) is 12.0 Å². The third kappa shape index (κ3) is 3.23. The van der Waals surface area contributed by atoms with E-state index in [1.54, 1.807) is 11.3 Å². The molecule has 0 fully saturated rings. The molecule has 6 heteroatoms. The zero-order chi connectivity index (χ0) is 18.1. The van der Waals surface area contributed by atoms with Crippen LogP contribution >= 0.6 is 23.6 Å². The van der Waals surface area contributed by atoms with Gasteiger partial charge in [-0.05, 0) is 67.4 Å². The Morgan fingerprint density at radius 3 is 2.92 bits per heavy atom. The third-order valence-electron chi connectivity index (χ3n) is 5.21. The van der Waals surface area contributed by atoms with Gasteiger partial charge in [0.15, 0.2) is 5.11 Å². The number of anilines is 1. The molecule has 2 aliphatic rings. The van der Waals surface area contributed by atoms with E-state index >= 15 is 0 Å². The Balaban J connectivity index is 1.52. The Hall–Kier alpha value is -1.92. The van der Waals surface area contributed by atoms with Gasteiger partial charge in [0.1, 0.15) is 5.00 Å². The van der Waals surface area contributed by atoms with Crippen LogP contribution in [0.5, 0.6) is 0 Å². The fourth-order valence-electron chi connectivity index (χ4n) is 4.01. The van der Waals surface area contributed by atoms with Crippen molar-refractivity contribution in [2.45, 2.75) is 44.6 Å². The summed E-state index contributed by atoms with van der Waals surface area (Å²) in [5.74, 6) is -0.280. The topological polar surface area (TPSA) is 50.4 Å². The van der Waals surface area contributed by atoms with Crippen LogP contribution < -0.4 is 10.6 Å². The van der Waals surface area contributed by atoms with Crippen molar-refractivity contribution < 1.29 is 9.53 Å². The first kappa shape index (κ1) is 17.5. The molecule has 0 saturated heterocycles. The van der Waals surface area contributed by atoms with Gasteiger partial charge < -0.3 is 15.4 Å². The van der Waals surface area contributed by atoms with E-state index in [1.165, 1.54) is 23.1 Å². The SMILES string of the molecule is COC(=O)c1c(NC(=S)N[C@@H]2CCCc3ccccc32)sc2c1CCC2. The number of methoxy groups -OCH3 is 1. The Morgan fingerprint density at radius 2 is 2.08 bits per heavy atom. The molecule has 1 atom stereocenters. The summed E-state index contributed by atoms with van der Waals surface area (Å²) >= 11 is 7.20. The Bertz CT molecular complexity index is 859. The summed E-state index contributed by atoms with van der Waals surface area (Å²) in [6, 6.07) is 8.75. The molecule has 4 rings (SSSR count). The highest BCUT2D eigenvalue weighted by atomic mass is 32.1. The molecule has 2 aliphatic carbocycles. The van der Waals surface area contributed by atoms with Gasteiger partial charge in [0, 0.05) is 4.88 Å². The van der Waals surface area contributed by atoms with E-state index in [0.717, 1.165) is 49.1 Å². The zero-order valence-corrected chi connectivity index (χ0v) is 16.4. The average molecular weight is 387 g/mol. The molecular weight excluding hydrogens is 364 g/mol. The molecule has 0 unspecified atom stereocenters. The van der Waals surface area contributed by atoms with Gasteiger partial charge in [0.25, 0.3) is 0 Å². The lowest BCUT2D eigenvalue weighted by molar-refractivity contribution is 0.0601. The summed E-state index contributed by atoms with van der Waals surface area (Å²) in [6.45, 7) is 0. The number of benzene rings is 1. The minimum Gasteiger partial charge on any atom is -0.465 e. The van der Waals surface area contributed by atoms with Gasteiger partial charge in [-0.2, -0.15) is 0 Å². The van der Waals surface area contributed by atoms with E-state index in [4.69, 9.17) is 17.0 Å². The van der Waals surface area contributed by atoms with Gasteiger partial charge >= 0.3 is 5.97 Å². The van der Waals surface area contributed by atoms with E-state index < -0.39 is 0 Å². The monoisotopic (exact) mass is 386 g/mol. The normalized spacial score (nSPS) is 18.0. The second kappa shape index (κ2) is 7.37. The van der Waals surface area contributed by atoms with Gasteiger partial charge in [0.05, 0.1) is 18.7 Å². The molecule has 0 amide bonds. The largest absolute Gasteiger partial charge is 0.465 e. The van der Waals surface area contributed by atoms with E-state index in [9.17, 15) is 4.79 Å². The molecule has 0 bridgehead atoms. The number of hydrogen-bond acceptors (Lipinski definition) is 4. The second-order valence-corrected chi connectivity index (χ2v) is 8.31. The summed E-state index contributed by atoms with van der Waals surface area (Å²) in [6.07, 6.45) is 6.41. The number of fused-ring (bicyclic) bond motifs is 2. The maximum absolute atomic E-state index is 12.3. The summed E-state index contributed by atoms with van der Waals surface area (Å²) in [5.41, 5.74) is 4.52. The number of aryl methyl sites for hydroxylation is 2. The van der Waals surface area contributed by atoms with Crippen LogP contribution in [-0.4, -0.2) is 18.2 Å². The molecular formula is C20H22N2O2S2. The number of hydrogen-bond donors (Lipinski definition) is 2. The fourth-order valence-corrected chi connectivity index (χ4v) is 5.60. The van der Waals surface area contributed by atoms with Crippen molar-refractivity contribution in [3.8, 4) is 0 Å². The number of carbonyl (C=O) groups is 1. The van der Waals surface area contributed by atoms with Crippen LogP contribution in [0.15, 0.2) is 24.3 Å². The highest BCUT2D eigenvalue weighted by Crippen LogP contribution is 2.39. The maximum Gasteiger partial charge on any atom is 0.341 e. The molecule has 2 aromatic rings. The lowest BCUT2D eigenvalue weighted by atomic mass is 9.88. The van der Waals surface area contributed by atoms with Crippen molar-refractivity contribution in [3.63, 3.8) is 0 Å². The molecule has 136 valence electrons. The van der Waals surface area contributed by atoms with Crippen molar-refractivity contribution in [2.24, 2.45) is 0 Å². The van der Waals surface area contributed by atoms with Crippen LogP contribution in [0.3, 0.4) is 0 Å². The second-order valence-electron chi connectivity index (χ2n) is 6.80. The molecule has 0 aliphatic heterocycles. The lowest BCUT2D eigenvalue weighted by Crippen LogP contribution is -2.34. The minimum absolute atomic E-state index is 0.216. The van der Waals surface area contributed by atoms with Crippen molar-refractivity contribution >= 4 is 39.6 Å². The first-order valence-electron chi connectivity index (χ1n) is 9.05. The summed E-state index contributed by atoms with van der Waals surface area (Å²) in [4.78, 5) is 13.5. The number of nitrogens with one attached hydrogen (secondary N) is 2. The standard InChI is InChI=1S/C20H22N2O2S2/c1-24-19(23)17-14-9-5-11-16(14)26-18(17)22-20(25)21-15-10-4-7-12-6-2-3-8-13(12)15/h2-3,6,8,15H,4-5,7,9-11H2,1H3,(H2,21,22,25)/t15-/m1/s1. The molecule has 0 radical (unpaired) electrons. The summed E-state index contributed by atoms with van der Waals surface area (Å²) in [7, 11) is 1.43. The lowest BCUT2D eigenvalue weighted by Gasteiger charge is -2.27. The number of rotatable bonds is 3. The number of thiocarbonyl (C=S) groups is 1. The molecule has 0 spiro atoms. The highest BCUT2D eigenvalue weighted by molar-refractivity contribution is 7.80. The van der Waals surface area contributed by atoms with Crippen LogP contribution in [0.2, 0.25) is 0 Å². The smallest absolute Gasteiger partial charge is 0.341 e. The molecule has 0 saturated carbocycles. The number of carbonyl (C=O) groups excluding carboxylic acids is 1. The van der Waals surface area contributed by atoms with Gasteiger partial charge in [0.2, 0.25) is 0 Å². The first-order chi connectivity index (χ1) is 12.7. The van der Waals surface area contributed by atoms with Crippen LogP contribution in [0.1, 0.15) is 57.2 Å². The maximum atomic E-state index is 12.3. The molecule has 26 heavy (non-hydrogen) atoms. The summed E-state index contributed by atoms with van der Waals surface area (Å²) < 4.78 is 5.00. The van der Waals surface area contributed by atoms with Gasteiger partial charge in [-0.25, -0.2) is 4.79 Å². The number of esters is 1. The van der Waals surface area contributed by atoms with Crippen LogP contribution in [0.4, 0.5) is 5.00 Å². The molecule has 4 nitrogen and oxygen atoms in total. The Morgan fingerprint density at radius 1 is 1.23 bits per heavy atom. The first-order valence-corrected chi connectivity index (χ1v) is 10.3. The zero-order valence-electron chi connectivity index (χ0n) is 14.8. The van der Waals surface area contributed by atoms with Gasteiger partial charge in [-0.3, -0.25) is 0 Å². The van der Waals surface area contributed by atoms with E-state index in [2.05, 4.69) is 34.9 Å². The molecule has 1 heterocycles. The molecule has 2 N–H and O–H groups in total. The van der Waals surface area contributed by atoms with Crippen LogP contribution in [0, 0.1) is 0 Å². The van der Waals surface area contributed by atoms with Crippen molar-refractivity contribution in [2.75, 3.05) is 12.4 Å².